The molecule has 1 fully saturated rings. The zero-order valence-electron chi connectivity index (χ0n) is 8.08. The van der Waals surface area contributed by atoms with Crippen LogP contribution in [-0.2, 0) is 6.54 Å². The maximum absolute atomic E-state index is 6.05. The second kappa shape index (κ2) is 4.62. The summed E-state index contributed by atoms with van der Waals surface area (Å²) in [6.45, 7) is 3.13. The van der Waals surface area contributed by atoms with Gasteiger partial charge in [-0.15, -0.1) is 11.3 Å². The lowest BCUT2D eigenvalue weighted by atomic mass is 10.1. The van der Waals surface area contributed by atoms with Gasteiger partial charge in [-0.25, -0.2) is 0 Å². The van der Waals surface area contributed by atoms with Gasteiger partial charge in [0.05, 0.1) is 5.02 Å². The first-order valence-electron chi connectivity index (χ1n) is 4.95. The van der Waals surface area contributed by atoms with Gasteiger partial charge in [-0.2, -0.15) is 0 Å². The van der Waals surface area contributed by atoms with Gasteiger partial charge >= 0.3 is 0 Å². The fourth-order valence-corrected chi connectivity index (χ4v) is 3.01. The predicted octanol–water partition coefficient (Wildman–Crippen LogP) is 2.32. The smallest absolute Gasteiger partial charge is 0.0558 e. The number of halogens is 1. The number of nitrogens with zero attached hydrogens (tertiary/aromatic N) is 1. The van der Waals surface area contributed by atoms with Crippen molar-refractivity contribution in [3.05, 3.63) is 21.3 Å². The van der Waals surface area contributed by atoms with Crippen molar-refractivity contribution in [3.8, 4) is 0 Å². The predicted molar refractivity (Wildman–Crippen MR) is 61.8 cm³/mol. The van der Waals surface area contributed by atoms with Crippen molar-refractivity contribution < 1.29 is 0 Å². The molecule has 0 saturated carbocycles. The number of piperidine rings is 1. The van der Waals surface area contributed by atoms with E-state index in [-0.39, 0.29) is 0 Å². The first-order chi connectivity index (χ1) is 6.75. The molecule has 0 bridgehead atoms. The standard InChI is InChI=1S/C10H15ClN2S/c11-9-3-5-14-10(9)7-13-4-1-2-8(12)6-13/h3,5,8H,1-2,4,6-7,12H2. The average molecular weight is 231 g/mol. The maximum Gasteiger partial charge on any atom is 0.0558 e. The van der Waals surface area contributed by atoms with Crippen molar-refractivity contribution in [3.63, 3.8) is 0 Å². The Morgan fingerprint density at radius 1 is 1.64 bits per heavy atom. The Hall–Kier alpha value is -0.0900. The summed E-state index contributed by atoms with van der Waals surface area (Å²) in [5.74, 6) is 0. The molecule has 1 aromatic heterocycles. The molecule has 0 spiro atoms. The Labute approximate surface area is 93.7 Å². The molecule has 2 rings (SSSR count). The number of rotatable bonds is 2. The summed E-state index contributed by atoms with van der Waals surface area (Å²) in [5.41, 5.74) is 5.92. The molecule has 0 aliphatic carbocycles. The minimum Gasteiger partial charge on any atom is -0.327 e. The van der Waals surface area contributed by atoms with E-state index in [9.17, 15) is 0 Å². The molecule has 1 aliphatic heterocycles. The van der Waals surface area contributed by atoms with Crippen molar-refractivity contribution in [1.82, 2.24) is 4.90 Å². The number of hydrogen-bond donors (Lipinski definition) is 1. The molecule has 0 amide bonds. The van der Waals surface area contributed by atoms with Gasteiger partial charge in [0.1, 0.15) is 0 Å². The summed E-state index contributed by atoms with van der Waals surface area (Å²) in [5, 5.41) is 2.94. The Balaban J connectivity index is 1.94. The monoisotopic (exact) mass is 230 g/mol. The molecular weight excluding hydrogens is 216 g/mol. The van der Waals surface area contributed by atoms with E-state index in [1.165, 1.54) is 11.3 Å². The first kappa shape index (κ1) is 10.4. The van der Waals surface area contributed by atoms with Crippen LogP contribution in [0, 0.1) is 0 Å². The van der Waals surface area contributed by atoms with Gasteiger partial charge in [-0.05, 0) is 30.8 Å². The van der Waals surface area contributed by atoms with E-state index in [1.807, 2.05) is 11.4 Å². The number of nitrogens with two attached hydrogens (primary N) is 1. The SMILES string of the molecule is NC1CCCN(Cc2sccc2Cl)C1. The minimum absolute atomic E-state index is 0.350. The average Bonchev–Trinajstić information content (AvgIpc) is 2.52. The number of likely N-dealkylation sites (tertiary alicyclic amines) is 1. The van der Waals surface area contributed by atoms with Crippen molar-refractivity contribution >= 4 is 22.9 Å². The molecule has 2 N–H and O–H groups in total. The van der Waals surface area contributed by atoms with Crippen LogP contribution < -0.4 is 5.73 Å². The van der Waals surface area contributed by atoms with Crippen molar-refractivity contribution in [2.24, 2.45) is 5.73 Å². The third-order valence-corrected chi connectivity index (χ3v) is 3.97. The minimum atomic E-state index is 0.350. The van der Waals surface area contributed by atoms with Crippen LogP contribution in [0.3, 0.4) is 0 Å². The quantitative estimate of drug-likeness (QED) is 0.845. The third kappa shape index (κ3) is 2.48. The van der Waals surface area contributed by atoms with E-state index < -0.39 is 0 Å². The Kier molecular flexibility index (Phi) is 3.44. The Morgan fingerprint density at radius 3 is 3.14 bits per heavy atom. The normalized spacial score (nSPS) is 24.0. The van der Waals surface area contributed by atoms with Crippen LogP contribution in [0.1, 0.15) is 17.7 Å². The molecule has 1 aromatic rings. The lowest BCUT2D eigenvalue weighted by Crippen LogP contribution is -2.42. The summed E-state index contributed by atoms with van der Waals surface area (Å²) >= 11 is 7.78. The molecule has 4 heteroatoms. The number of thiophene rings is 1. The van der Waals surface area contributed by atoms with Gasteiger partial charge in [0.15, 0.2) is 0 Å². The fraction of sp³-hybridized carbons (Fsp3) is 0.600. The summed E-state index contributed by atoms with van der Waals surface area (Å²) in [7, 11) is 0. The fourth-order valence-electron chi connectivity index (χ4n) is 1.88. The molecule has 0 aromatic carbocycles. The van der Waals surface area contributed by atoms with Crippen LogP contribution in [0.25, 0.3) is 0 Å². The van der Waals surface area contributed by atoms with Crippen LogP contribution in [-0.4, -0.2) is 24.0 Å². The topological polar surface area (TPSA) is 29.3 Å². The largest absolute Gasteiger partial charge is 0.327 e. The van der Waals surface area contributed by atoms with Crippen LogP contribution >= 0.6 is 22.9 Å². The molecule has 2 heterocycles. The highest BCUT2D eigenvalue weighted by atomic mass is 35.5. The van der Waals surface area contributed by atoms with Gasteiger partial charge in [-0.1, -0.05) is 11.6 Å². The van der Waals surface area contributed by atoms with Gasteiger partial charge in [0.2, 0.25) is 0 Å². The van der Waals surface area contributed by atoms with Gasteiger partial charge in [0.25, 0.3) is 0 Å². The molecule has 1 unspecified atom stereocenters. The Morgan fingerprint density at radius 2 is 2.50 bits per heavy atom. The molecule has 1 atom stereocenters. The lowest BCUT2D eigenvalue weighted by Gasteiger charge is -2.30. The molecule has 2 nitrogen and oxygen atoms in total. The second-order valence-electron chi connectivity index (χ2n) is 3.83. The van der Waals surface area contributed by atoms with Crippen LogP contribution in [0.15, 0.2) is 11.4 Å². The van der Waals surface area contributed by atoms with Crippen LogP contribution in [0.5, 0.6) is 0 Å². The van der Waals surface area contributed by atoms with Crippen LogP contribution in [0.4, 0.5) is 0 Å². The molecule has 78 valence electrons. The molecule has 1 aliphatic rings. The van der Waals surface area contributed by atoms with Gasteiger partial charge in [-0.3, -0.25) is 4.90 Å². The summed E-state index contributed by atoms with van der Waals surface area (Å²) in [6, 6.07) is 2.31. The zero-order chi connectivity index (χ0) is 9.97. The Bertz CT molecular complexity index is 300. The van der Waals surface area contributed by atoms with Crippen molar-refractivity contribution in [2.75, 3.05) is 13.1 Å². The van der Waals surface area contributed by atoms with E-state index in [0.29, 0.717) is 6.04 Å². The molecule has 14 heavy (non-hydrogen) atoms. The van der Waals surface area contributed by atoms with Crippen molar-refractivity contribution in [2.45, 2.75) is 25.4 Å². The van der Waals surface area contributed by atoms with E-state index in [0.717, 1.165) is 31.1 Å². The van der Waals surface area contributed by atoms with E-state index in [1.54, 1.807) is 11.3 Å². The van der Waals surface area contributed by atoms with Gasteiger partial charge < -0.3 is 5.73 Å². The summed E-state index contributed by atoms with van der Waals surface area (Å²) < 4.78 is 0. The summed E-state index contributed by atoms with van der Waals surface area (Å²) in [6.07, 6.45) is 2.37. The highest BCUT2D eigenvalue weighted by Gasteiger charge is 2.17. The van der Waals surface area contributed by atoms with Crippen molar-refractivity contribution in [1.29, 1.82) is 0 Å². The van der Waals surface area contributed by atoms with Gasteiger partial charge in [0, 0.05) is 24.0 Å². The van der Waals surface area contributed by atoms with E-state index in [4.69, 9.17) is 17.3 Å². The van der Waals surface area contributed by atoms with E-state index >= 15 is 0 Å². The highest BCUT2D eigenvalue weighted by molar-refractivity contribution is 7.10. The highest BCUT2D eigenvalue weighted by Crippen LogP contribution is 2.24. The molecular formula is C10H15ClN2S. The zero-order valence-corrected chi connectivity index (χ0v) is 9.65. The van der Waals surface area contributed by atoms with E-state index in [2.05, 4.69) is 4.90 Å². The molecule has 1 saturated heterocycles. The number of hydrogen-bond acceptors (Lipinski definition) is 3. The molecule has 0 radical (unpaired) electrons. The van der Waals surface area contributed by atoms with Crippen LogP contribution in [0.2, 0.25) is 5.02 Å². The maximum atomic E-state index is 6.05. The first-order valence-corrected chi connectivity index (χ1v) is 6.21. The summed E-state index contributed by atoms with van der Waals surface area (Å²) in [4.78, 5) is 3.66. The second-order valence-corrected chi connectivity index (χ2v) is 5.24. The third-order valence-electron chi connectivity index (χ3n) is 2.60. The lowest BCUT2D eigenvalue weighted by molar-refractivity contribution is 0.203.